The van der Waals surface area contributed by atoms with Crippen LogP contribution in [0.25, 0.3) is 0 Å². The molecule has 0 radical (unpaired) electrons. The number of rotatable bonds is 4. The normalized spacial score (nSPS) is 18.7. The first-order valence-electron chi connectivity index (χ1n) is 7.94. The SMILES string of the molecule is Cc1ccc(NC(=O)C2CN(S(=O)(=O)c3cn(C)cn3)CCO2)cc1F. The van der Waals surface area contributed by atoms with Crippen LogP contribution in [0.1, 0.15) is 5.56 Å². The highest BCUT2D eigenvalue weighted by Gasteiger charge is 2.35. The first-order chi connectivity index (χ1) is 12.3. The Labute approximate surface area is 150 Å². The highest BCUT2D eigenvalue weighted by Crippen LogP contribution is 2.19. The zero-order valence-corrected chi connectivity index (χ0v) is 15.2. The minimum atomic E-state index is -3.81. The Bertz CT molecular complexity index is 928. The van der Waals surface area contributed by atoms with Gasteiger partial charge < -0.3 is 14.6 Å². The summed E-state index contributed by atoms with van der Waals surface area (Å²) in [6.07, 6.45) is 1.80. The van der Waals surface area contributed by atoms with Gasteiger partial charge >= 0.3 is 0 Å². The molecule has 1 N–H and O–H groups in total. The number of aryl methyl sites for hydroxylation is 2. The molecule has 1 aromatic heterocycles. The maximum absolute atomic E-state index is 13.6. The van der Waals surface area contributed by atoms with Crippen LogP contribution in [0.5, 0.6) is 0 Å². The van der Waals surface area contributed by atoms with E-state index in [9.17, 15) is 17.6 Å². The predicted octanol–water partition coefficient (Wildman–Crippen LogP) is 0.896. The van der Waals surface area contributed by atoms with Crippen molar-refractivity contribution >= 4 is 21.6 Å². The van der Waals surface area contributed by atoms with Crippen molar-refractivity contribution in [1.82, 2.24) is 13.9 Å². The fraction of sp³-hybridized carbons (Fsp3) is 0.375. The van der Waals surface area contributed by atoms with Gasteiger partial charge in [-0.2, -0.15) is 4.31 Å². The summed E-state index contributed by atoms with van der Waals surface area (Å²) in [5.41, 5.74) is 0.746. The minimum Gasteiger partial charge on any atom is -0.366 e. The Kier molecular flexibility index (Phi) is 5.08. The van der Waals surface area contributed by atoms with Crippen LogP contribution in [0.3, 0.4) is 0 Å². The number of sulfonamides is 1. The Morgan fingerprint density at radius 3 is 2.85 bits per heavy atom. The summed E-state index contributed by atoms with van der Waals surface area (Å²) in [5.74, 6) is -0.971. The lowest BCUT2D eigenvalue weighted by Gasteiger charge is -2.30. The molecule has 26 heavy (non-hydrogen) atoms. The molecule has 10 heteroatoms. The molecule has 1 fully saturated rings. The molecule has 2 aromatic rings. The number of carbonyl (C=O) groups is 1. The molecular formula is C16H19FN4O4S. The number of imidazole rings is 1. The molecule has 1 saturated heterocycles. The number of anilines is 1. The second kappa shape index (κ2) is 7.14. The maximum Gasteiger partial charge on any atom is 0.262 e. The second-order valence-corrected chi connectivity index (χ2v) is 7.94. The fourth-order valence-corrected chi connectivity index (χ4v) is 3.94. The molecule has 8 nitrogen and oxygen atoms in total. The molecule has 1 atom stereocenters. The molecule has 2 heterocycles. The summed E-state index contributed by atoms with van der Waals surface area (Å²) >= 11 is 0. The van der Waals surface area contributed by atoms with Crippen LogP contribution in [0.2, 0.25) is 0 Å². The molecule has 0 aliphatic carbocycles. The monoisotopic (exact) mass is 382 g/mol. The average Bonchev–Trinajstić information content (AvgIpc) is 3.05. The topological polar surface area (TPSA) is 93.5 Å². The van der Waals surface area contributed by atoms with Gasteiger partial charge in [0.15, 0.2) is 5.03 Å². The van der Waals surface area contributed by atoms with Crippen LogP contribution < -0.4 is 5.32 Å². The standard InChI is InChI=1S/C16H19FN4O4S/c1-11-3-4-12(7-13(11)17)19-16(22)14-8-21(5-6-25-14)26(23,24)15-9-20(2)10-18-15/h3-4,7,9-10,14H,5-6,8H2,1-2H3,(H,19,22). The Hall–Kier alpha value is -2.30. The van der Waals surface area contributed by atoms with Crippen LogP contribution in [-0.4, -0.2) is 54.0 Å². The van der Waals surface area contributed by atoms with Gasteiger partial charge in [0.25, 0.3) is 15.9 Å². The van der Waals surface area contributed by atoms with E-state index in [-0.39, 0.29) is 30.4 Å². The van der Waals surface area contributed by atoms with Crippen molar-refractivity contribution in [3.05, 3.63) is 42.1 Å². The van der Waals surface area contributed by atoms with Crippen LogP contribution in [0.15, 0.2) is 35.7 Å². The number of morpholine rings is 1. The van der Waals surface area contributed by atoms with E-state index in [0.717, 1.165) is 0 Å². The van der Waals surface area contributed by atoms with Crippen LogP contribution in [0.4, 0.5) is 10.1 Å². The number of nitrogens with zero attached hydrogens (tertiary/aromatic N) is 3. The number of hydrogen-bond donors (Lipinski definition) is 1. The molecule has 0 saturated carbocycles. The molecule has 1 unspecified atom stereocenters. The third kappa shape index (κ3) is 3.76. The van der Waals surface area contributed by atoms with Crippen molar-refractivity contribution in [2.75, 3.05) is 25.0 Å². The molecule has 3 rings (SSSR count). The van der Waals surface area contributed by atoms with Crippen LogP contribution >= 0.6 is 0 Å². The van der Waals surface area contributed by atoms with E-state index < -0.39 is 27.9 Å². The predicted molar refractivity (Wildman–Crippen MR) is 91.5 cm³/mol. The summed E-state index contributed by atoms with van der Waals surface area (Å²) in [4.78, 5) is 16.2. The summed E-state index contributed by atoms with van der Waals surface area (Å²) in [5, 5.41) is 2.47. The van der Waals surface area contributed by atoms with Gasteiger partial charge in [-0.05, 0) is 24.6 Å². The third-order valence-corrected chi connectivity index (χ3v) is 5.80. The lowest BCUT2D eigenvalue weighted by atomic mass is 10.2. The third-order valence-electron chi connectivity index (χ3n) is 4.05. The Morgan fingerprint density at radius 2 is 2.19 bits per heavy atom. The highest BCUT2D eigenvalue weighted by atomic mass is 32.2. The van der Waals surface area contributed by atoms with Crippen molar-refractivity contribution in [2.24, 2.45) is 7.05 Å². The highest BCUT2D eigenvalue weighted by molar-refractivity contribution is 7.89. The van der Waals surface area contributed by atoms with E-state index in [4.69, 9.17) is 4.74 Å². The van der Waals surface area contributed by atoms with Crippen molar-refractivity contribution in [3.63, 3.8) is 0 Å². The van der Waals surface area contributed by atoms with E-state index >= 15 is 0 Å². The largest absolute Gasteiger partial charge is 0.366 e. The van der Waals surface area contributed by atoms with Gasteiger partial charge in [-0.15, -0.1) is 0 Å². The lowest BCUT2D eigenvalue weighted by Crippen LogP contribution is -2.50. The number of benzene rings is 1. The number of hydrogen-bond acceptors (Lipinski definition) is 5. The fourth-order valence-electron chi connectivity index (χ4n) is 2.55. The van der Waals surface area contributed by atoms with Crippen LogP contribution in [-0.2, 0) is 26.6 Å². The van der Waals surface area contributed by atoms with Gasteiger partial charge in [-0.1, -0.05) is 6.07 Å². The summed E-state index contributed by atoms with van der Waals surface area (Å²) < 4.78 is 46.9. The van der Waals surface area contributed by atoms with Gasteiger partial charge in [0.1, 0.15) is 11.9 Å². The molecular weight excluding hydrogens is 363 g/mol. The smallest absolute Gasteiger partial charge is 0.262 e. The maximum atomic E-state index is 13.6. The van der Waals surface area contributed by atoms with E-state index in [2.05, 4.69) is 10.3 Å². The van der Waals surface area contributed by atoms with Gasteiger partial charge in [0.2, 0.25) is 0 Å². The van der Waals surface area contributed by atoms with E-state index in [0.29, 0.717) is 5.56 Å². The molecule has 1 aliphatic heterocycles. The molecule has 1 aliphatic rings. The summed E-state index contributed by atoms with van der Waals surface area (Å²) in [6, 6.07) is 4.32. The number of carbonyl (C=O) groups excluding carboxylic acids is 1. The molecule has 1 aromatic carbocycles. The molecule has 140 valence electrons. The molecule has 0 bridgehead atoms. The lowest BCUT2D eigenvalue weighted by molar-refractivity contribution is -0.130. The number of aromatic nitrogens is 2. The van der Waals surface area contributed by atoms with Gasteiger partial charge in [0, 0.05) is 32.0 Å². The number of halogens is 1. The minimum absolute atomic E-state index is 0.0758. The first kappa shape index (κ1) is 18.5. The van der Waals surface area contributed by atoms with Crippen molar-refractivity contribution in [3.8, 4) is 0 Å². The molecule has 0 spiro atoms. The average molecular weight is 382 g/mol. The Balaban J connectivity index is 1.71. The number of ether oxygens (including phenoxy) is 1. The van der Waals surface area contributed by atoms with Gasteiger partial charge in [-0.25, -0.2) is 17.8 Å². The van der Waals surface area contributed by atoms with E-state index in [1.165, 1.54) is 27.5 Å². The number of nitrogens with one attached hydrogen (secondary N) is 1. The zero-order valence-electron chi connectivity index (χ0n) is 14.3. The zero-order chi connectivity index (χ0) is 18.9. The van der Waals surface area contributed by atoms with E-state index in [1.807, 2.05) is 0 Å². The van der Waals surface area contributed by atoms with Crippen molar-refractivity contribution in [2.45, 2.75) is 18.1 Å². The van der Waals surface area contributed by atoms with E-state index in [1.54, 1.807) is 26.1 Å². The second-order valence-electron chi connectivity index (χ2n) is 6.05. The Morgan fingerprint density at radius 1 is 1.42 bits per heavy atom. The summed E-state index contributed by atoms with van der Waals surface area (Å²) in [6.45, 7) is 1.68. The quantitative estimate of drug-likeness (QED) is 0.848. The molecule has 1 amide bonds. The number of amides is 1. The van der Waals surface area contributed by atoms with Crippen LogP contribution in [0, 0.1) is 12.7 Å². The first-order valence-corrected chi connectivity index (χ1v) is 9.38. The van der Waals surface area contributed by atoms with Gasteiger partial charge in [-0.3, -0.25) is 4.79 Å². The summed E-state index contributed by atoms with van der Waals surface area (Å²) in [7, 11) is -2.14. The van der Waals surface area contributed by atoms with Gasteiger partial charge in [0.05, 0.1) is 12.9 Å². The van der Waals surface area contributed by atoms with Crippen molar-refractivity contribution < 1.29 is 22.3 Å². The van der Waals surface area contributed by atoms with Crippen molar-refractivity contribution in [1.29, 1.82) is 0 Å².